The van der Waals surface area contributed by atoms with E-state index in [1.54, 1.807) is 13.2 Å². The quantitative estimate of drug-likeness (QED) is 0.470. The van der Waals surface area contributed by atoms with Crippen LogP contribution in [0.1, 0.15) is 37.9 Å². The summed E-state index contributed by atoms with van der Waals surface area (Å²) in [5.41, 5.74) is 3.37. The highest BCUT2D eigenvalue weighted by molar-refractivity contribution is 6.42. The lowest BCUT2D eigenvalue weighted by atomic mass is 9.72. The number of fused-ring (bicyclic) bond motifs is 4. The van der Waals surface area contributed by atoms with E-state index in [1.807, 2.05) is 36.4 Å². The summed E-state index contributed by atoms with van der Waals surface area (Å²) in [7, 11) is 1.66. The Labute approximate surface area is 199 Å². The van der Waals surface area contributed by atoms with Crippen molar-refractivity contribution >= 4 is 34.1 Å². The Balaban J connectivity index is 1.60. The van der Waals surface area contributed by atoms with Crippen molar-refractivity contribution < 1.29 is 9.84 Å². The van der Waals surface area contributed by atoms with Gasteiger partial charge in [-0.1, -0.05) is 42.6 Å². The zero-order valence-corrected chi connectivity index (χ0v) is 19.9. The molecule has 0 aliphatic carbocycles. The van der Waals surface area contributed by atoms with Crippen LogP contribution in [0.3, 0.4) is 0 Å². The molecule has 0 radical (unpaired) electrons. The van der Waals surface area contributed by atoms with E-state index in [4.69, 9.17) is 32.9 Å². The van der Waals surface area contributed by atoms with E-state index in [2.05, 4.69) is 11.8 Å². The third kappa shape index (κ3) is 3.88. The number of benzene rings is 2. The van der Waals surface area contributed by atoms with Gasteiger partial charge in [-0.15, -0.1) is 0 Å². The average Bonchev–Trinajstić information content (AvgIpc) is 2.84. The Bertz CT molecular complexity index is 1150. The lowest BCUT2D eigenvalue weighted by Crippen LogP contribution is -2.55. The Hall–Kier alpha value is -1.85. The molecule has 1 aromatic heterocycles. The fourth-order valence-corrected chi connectivity index (χ4v) is 5.88. The third-order valence-electron chi connectivity index (χ3n) is 7.41. The molecule has 4 heterocycles. The van der Waals surface area contributed by atoms with Gasteiger partial charge in [-0.2, -0.15) is 0 Å². The SMILES string of the molecule is CC[C@H]1CN2CC[C@H]1C[C@H]2[C@H](O)c1cc(-c2ccc(Cl)c(Cl)c2)nc2ccc(OC)cc12. The highest BCUT2D eigenvalue weighted by atomic mass is 35.5. The molecule has 1 N–H and O–H groups in total. The Morgan fingerprint density at radius 1 is 1.16 bits per heavy atom. The van der Waals surface area contributed by atoms with Crippen LogP contribution < -0.4 is 4.74 Å². The number of aliphatic hydroxyl groups is 1. The molecule has 0 spiro atoms. The van der Waals surface area contributed by atoms with E-state index in [1.165, 1.54) is 12.8 Å². The van der Waals surface area contributed by atoms with Crippen LogP contribution in [0.2, 0.25) is 10.0 Å². The zero-order chi connectivity index (χ0) is 22.4. The summed E-state index contributed by atoms with van der Waals surface area (Å²) in [4.78, 5) is 7.36. The van der Waals surface area contributed by atoms with Crippen LogP contribution in [0.25, 0.3) is 22.2 Å². The minimum Gasteiger partial charge on any atom is -0.497 e. The van der Waals surface area contributed by atoms with E-state index in [9.17, 15) is 5.11 Å². The van der Waals surface area contributed by atoms with Gasteiger partial charge >= 0.3 is 0 Å². The monoisotopic (exact) mass is 470 g/mol. The van der Waals surface area contributed by atoms with Crippen LogP contribution in [-0.2, 0) is 0 Å². The largest absolute Gasteiger partial charge is 0.497 e. The molecule has 3 aliphatic rings. The van der Waals surface area contributed by atoms with E-state index < -0.39 is 6.10 Å². The number of hydrogen-bond acceptors (Lipinski definition) is 4. The maximum atomic E-state index is 11.7. The maximum absolute atomic E-state index is 11.7. The van der Waals surface area contributed by atoms with Gasteiger partial charge in [-0.3, -0.25) is 4.90 Å². The van der Waals surface area contributed by atoms with E-state index in [-0.39, 0.29) is 6.04 Å². The second kappa shape index (κ2) is 8.83. The van der Waals surface area contributed by atoms with Gasteiger partial charge in [-0.05, 0) is 73.2 Å². The smallest absolute Gasteiger partial charge is 0.119 e. The highest BCUT2D eigenvalue weighted by Gasteiger charge is 2.42. The Kier molecular flexibility index (Phi) is 6.06. The summed E-state index contributed by atoms with van der Waals surface area (Å²) in [6, 6.07) is 13.5. The van der Waals surface area contributed by atoms with Gasteiger partial charge in [-0.25, -0.2) is 4.98 Å². The summed E-state index contributed by atoms with van der Waals surface area (Å²) in [6.45, 7) is 4.42. The van der Waals surface area contributed by atoms with Crippen LogP contribution in [0, 0.1) is 11.8 Å². The van der Waals surface area contributed by atoms with E-state index in [0.29, 0.717) is 16.0 Å². The predicted octanol–water partition coefficient (Wildman–Crippen LogP) is 6.37. The van der Waals surface area contributed by atoms with Crippen LogP contribution in [-0.4, -0.2) is 41.2 Å². The maximum Gasteiger partial charge on any atom is 0.119 e. The standard InChI is InChI=1S/C26H28Cl2N2O2/c1-3-15-14-30-9-8-16(15)11-25(30)26(31)20-13-24(17-4-6-21(27)22(28)10-17)29-23-7-5-18(32-2)12-19(20)23/h4-7,10,12-13,15-16,25-26,31H,3,8-9,11,14H2,1-2H3/t15-,16-,25-,26+/m0/s1. The topological polar surface area (TPSA) is 45.6 Å². The normalized spacial score (nSPS) is 25.8. The first-order valence-electron chi connectivity index (χ1n) is 11.3. The summed E-state index contributed by atoms with van der Waals surface area (Å²) >= 11 is 12.4. The van der Waals surface area contributed by atoms with Crippen LogP contribution in [0.4, 0.5) is 0 Å². The van der Waals surface area contributed by atoms with Crippen molar-refractivity contribution in [3.63, 3.8) is 0 Å². The molecule has 2 bridgehead atoms. The molecule has 168 valence electrons. The number of ether oxygens (including phenoxy) is 1. The Morgan fingerprint density at radius 3 is 2.69 bits per heavy atom. The molecule has 6 heteroatoms. The van der Waals surface area contributed by atoms with Crippen LogP contribution in [0.15, 0.2) is 42.5 Å². The minimum absolute atomic E-state index is 0.120. The fraction of sp³-hybridized carbons (Fsp3) is 0.423. The molecule has 1 unspecified atom stereocenters. The van der Waals surface area contributed by atoms with Gasteiger partial charge < -0.3 is 9.84 Å². The molecule has 4 nitrogen and oxygen atoms in total. The third-order valence-corrected chi connectivity index (χ3v) is 8.15. The fourth-order valence-electron chi connectivity index (χ4n) is 5.58. The molecule has 2 aromatic carbocycles. The van der Waals surface area contributed by atoms with Gasteiger partial charge in [0.1, 0.15) is 5.75 Å². The molecule has 3 fully saturated rings. The number of aliphatic hydroxyl groups excluding tert-OH is 1. The van der Waals surface area contributed by atoms with Gasteiger partial charge in [0.25, 0.3) is 0 Å². The second-order valence-corrected chi connectivity index (χ2v) is 9.88. The first-order valence-corrected chi connectivity index (χ1v) is 12.1. The molecule has 3 aromatic rings. The molecule has 5 atom stereocenters. The minimum atomic E-state index is -0.602. The summed E-state index contributed by atoms with van der Waals surface area (Å²) in [5.74, 6) is 2.20. The van der Waals surface area contributed by atoms with Gasteiger partial charge in [0.2, 0.25) is 0 Å². The Morgan fingerprint density at radius 2 is 2.00 bits per heavy atom. The molecular formula is C26H28Cl2N2O2. The number of aromatic nitrogens is 1. The number of halogens is 2. The van der Waals surface area contributed by atoms with E-state index in [0.717, 1.165) is 58.9 Å². The molecule has 3 aliphatic heterocycles. The van der Waals surface area contributed by atoms with Crippen molar-refractivity contribution in [2.24, 2.45) is 11.8 Å². The van der Waals surface area contributed by atoms with Crippen molar-refractivity contribution in [3.8, 4) is 17.0 Å². The molecule has 0 amide bonds. The van der Waals surface area contributed by atoms with Crippen molar-refractivity contribution in [1.29, 1.82) is 0 Å². The van der Waals surface area contributed by atoms with Crippen LogP contribution in [0.5, 0.6) is 5.75 Å². The van der Waals surface area contributed by atoms with Gasteiger partial charge in [0.15, 0.2) is 0 Å². The van der Waals surface area contributed by atoms with Gasteiger partial charge in [0, 0.05) is 23.5 Å². The number of hydrogen-bond donors (Lipinski definition) is 1. The first-order chi connectivity index (χ1) is 15.5. The predicted molar refractivity (Wildman–Crippen MR) is 131 cm³/mol. The number of pyridine rings is 1. The number of piperidine rings is 3. The molecular weight excluding hydrogens is 443 g/mol. The molecule has 6 rings (SSSR count). The summed E-state index contributed by atoms with van der Waals surface area (Å²) in [6.07, 6.45) is 2.88. The van der Waals surface area contributed by atoms with Gasteiger partial charge in [0.05, 0.1) is 34.5 Å². The van der Waals surface area contributed by atoms with Crippen LogP contribution >= 0.6 is 23.2 Å². The lowest BCUT2D eigenvalue weighted by Gasteiger charge is -2.51. The highest BCUT2D eigenvalue weighted by Crippen LogP contribution is 2.43. The van der Waals surface area contributed by atoms with Crippen molar-refractivity contribution in [3.05, 3.63) is 58.1 Å². The van der Waals surface area contributed by atoms with Crippen molar-refractivity contribution in [2.45, 2.75) is 38.3 Å². The summed E-state index contributed by atoms with van der Waals surface area (Å²) < 4.78 is 5.47. The molecule has 3 saturated heterocycles. The lowest BCUT2D eigenvalue weighted by molar-refractivity contribution is -0.0562. The summed E-state index contributed by atoms with van der Waals surface area (Å²) in [5, 5.41) is 13.6. The number of methoxy groups -OCH3 is 1. The van der Waals surface area contributed by atoms with Crippen molar-refractivity contribution in [2.75, 3.05) is 20.2 Å². The average molecular weight is 471 g/mol. The second-order valence-electron chi connectivity index (χ2n) is 9.07. The van der Waals surface area contributed by atoms with E-state index >= 15 is 0 Å². The number of rotatable bonds is 5. The zero-order valence-electron chi connectivity index (χ0n) is 18.4. The molecule has 0 saturated carbocycles. The van der Waals surface area contributed by atoms with Crippen molar-refractivity contribution in [1.82, 2.24) is 9.88 Å². The number of nitrogens with zero attached hydrogens (tertiary/aromatic N) is 2. The first kappa shape index (κ1) is 22.0. The molecule has 32 heavy (non-hydrogen) atoms.